The smallest absolute Gasteiger partial charge is 0.250 e. The van der Waals surface area contributed by atoms with Gasteiger partial charge in [0.25, 0.3) is 5.56 Å². The van der Waals surface area contributed by atoms with E-state index in [9.17, 15) is 13.6 Å². The molecule has 0 saturated carbocycles. The summed E-state index contributed by atoms with van der Waals surface area (Å²) in [5.74, 6) is -0.698. The standard InChI is InChI=1S/C14H13F2NO/c15-12-5-1-3-11(9-12)4-2-8-17-10-13(16)6-7-14(17)18/h1,3,5-7,9-10H,2,4,8H2. The molecule has 1 aromatic heterocycles. The van der Waals surface area contributed by atoms with Crippen LogP contribution in [0.5, 0.6) is 0 Å². The van der Waals surface area contributed by atoms with Crippen LogP contribution in [-0.2, 0) is 13.0 Å². The topological polar surface area (TPSA) is 22.0 Å². The second-order valence-electron chi connectivity index (χ2n) is 4.11. The molecule has 0 aliphatic heterocycles. The number of hydrogen-bond acceptors (Lipinski definition) is 1. The largest absolute Gasteiger partial charge is 0.313 e. The Bertz CT molecular complexity index is 592. The van der Waals surface area contributed by atoms with Crippen molar-refractivity contribution in [3.05, 3.63) is 70.1 Å². The number of hydrogen-bond donors (Lipinski definition) is 0. The summed E-state index contributed by atoms with van der Waals surface area (Å²) in [7, 11) is 0. The molecule has 18 heavy (non-hydrogen) atoms. The molecule has 0 unspecified atom stereocenters. The molecule has 2 nitrogen and oxygen atoms in total. The summed E-state index contributed by atoms with van der Waals surface area (Å²) in [6.45, 7) is 0.424. The lowest BCUT2D eigenvalue weighted by atomic mass is 10.1. The van der Waals surface area contributed by atoms with Gasteiger partial charge < -0.3 is 4.57 Å². The van der Waals surface area contributed by atoms with Crippen LogP contribution in [0, 0.1) is 11.6 Å². The lowest BCUT2D eigenvalue weighted by molar-refractivity contribution is 0.564. The summed E-state index contributed by atoms with van der Waals surface area (Å²) >= 11 is 0. The summed E-state index contributed by atoms with van der Waals surface area (Å²) < 4.78 is 27.2. The summed E-state index contributed by atoms with van der Waals surface area (Å²) in [5, 5.41) is 0. The molecule has 0 atom stereocenters. The van der Waals surface area contributed by atoms with E-state index < -0.39 is 5.82 Å². The highest BCUT2D eigenvalue weighted by Crippen LogP contribution is 2.06. The normalized spacial score (nSPS) is 10.6. The van der Waals surface area contributed by atoms with Crippen molar-refractivity contribution >= 4 is 0 Å². The molecule has 0 saturated heterocycles. The molecule has 0 aliphatic carbocycles. The van der Waals surface area contributed by atoms with E-state index in [2.05, 4.69) is 0 Å². The van der Waals surface area contributed by atoms with Crippen molar-refractivity contribution in [3.8, 4) is 0 Å². The zero-order valence-electron chi connectivity index (χ0n) is 9.77. The molecule has 2 aromatic rings. The van der Waals surface area contributed by atoms with Gasteiger partial charge in [0.1, 0.15) is 11.6 Å². The third-order valence-electron chi connectivity index (χ3n) is 2.70. The molecule has 1 heterocycles. The summed E-state index contributed by atoms with van der Waals surface area (Å²) in [4.78, 5) is 11.4. The highest BCUT2D eigenvalue weighted by atomic mass is 19.1. The Balaban J connectivity index is 1.96. The van der Waals surface area contributed by atoms with Gasteiger partial charge >= 0.3 is 0 Å². The summed E-state index contributed by atoms with van der Waals surface area (Å²) in [6.07, 6.45) is 2.50. The fraction of sp³-hybridized carbons (Fsp3) is 0.214. The molecule has 0 fully saturated rings. The van der Waals surface area contributed by atoms with E-state index in [4.69, 9.17) is 0 Å². The third-order valence-corrected chi connectivity index (χ3v) is 2.70. The van der Waals surface area contributed by atoms with Crippen LogP contribution in [0.1, 0.15) is 12.0 Å². The molecule has 1 aromatic carbocycles. The van der Waals surface area contributed by atoms with E-state index in [0.717, 1.165) is 11.6 Å². The minimum atomic E-state index is -0.430. The maximum Gasteiger partial charge on any atom is 0.250 e. The fourth-order valence-corrected chi connectivity index (χ4v) is 1.82. The van der Waals surface area contributed by atoms with Crippen LogP contribution < -0.4 is 5.56 Å². The Morgan fingerprint density at radius 2 is 1.89 bits per heavy atom. The average molecular weight is 249 g/mol. The zero-order chi connectivity index (χ0) is 13.0. The van der Waals surface area contributed by atoms with Crippen molar-refractivity contribution in [2.45, 2.75) is 19.4 Å². The number of halogens is 2. The van der Waals surface area contributed by atoms with Gasteiger partial charge in [0.2, 0.25) is 0 Å². The molecule has 4 heteroatoms. The molecular formula is C14H13F2NO. The number of pyridine rings is 1. The highest BCUT2D eigenvalue weighted by Gasteiger charge is 1.99. The Kier molecular flexibility index (Phi) is 3.87. The van der Waals surface area contributed by atoms with Gasteiger partial charge in [-0.15, -0.1) is 0 Å². The Labute approximate surface area is 104 Å². The highest BCUT2D eigenvalue weighted by molar-refractivity contribution is 5.16. The molecule has 0 aliphatic rings. The van der Waals surface area contributed by atoms with E-state index in [0.29, 0.717) is 19.4 Å². The van der Waals surface area contributed by atoms with Crippen molar-refractivity contribution < 1.29 is 8.78 Å². The van der Waals surface area contributed by atoms with Gasteiger partial charge in [-0.1, -0.05) is 12.1 Å². The Hall–Kier alpha value is -1.97. The average Bonchev–Trinajstić information content (AvgIpc) is 2.34. The van der Waals surface area contributed by atoms with Crippen molar-refractivity contribution in [3.63, 3.8) is 0 Å². The third kappa shape index (κ3) is 3.26. The maximum atomic E-state index is 12.9. The maximum absolute atomic E-state index is 12.9. The van der Waals surface area contributed by atoms with Crippen LogP contribution in [0.15, 0.2) is 47.4 Å². The summed E-state index contributed by atoms with van der Waals surface area (Å²) in [5.41, 5.74) is 0.648. The minimum Gasteiger partial charge on any atom is -0.313 e. The van der Waals surface area contributed by atoms with E-state index in [1.807, 2.05) is 6.07 Å². The number of aryl methyl sites for hydroxylation is 2. The van der Waals surface area contributed by atoms with Crippen molar-refractivity contribution in [1.29, 1.82) is 0 Å². The van der Waals surface area contributed by atoms with E-state index in [1.54, 1.807) is 6.07 Å². The van der Waals surface area contributed by atoms with Crippen molar-refractivity contribution in [2.24, 2.45) is 0 Å². The molecule has 0 amide bonds. The first kappa shape index (κ1) is 12.5. The number of benzene rings is 1. The van der Waals surface area contributed by atoms with Gasteiger partial charge in [0, 0.05) is 18.8 Å². The molecule has 0 bridgehead atoms. The molecular weight excluding hydrogens is 236 g/mol. The van der Waals surface area contributed by atoms with Crippen LogP contribution >= 0.6 is 0 Å². The zero-order valence-corrected chi connectivity index (χ0v) is 9.77. The quantitative estimate of drug-likeness (QED) is 0.816. The van der Waals surface area contributed by atoms with Crippen LogP contribution in [0.2, 0.25) is 0 Å². The molecule has 0 spiro atoms. The van der Waals surface area contributed by atoms with Gasteiger partial charge in [-0.3, -0.25) is 4.79 Å². The van der Waals surface area contributed by atoms with Crippen LogP contribution in [0.4, 0.5) is 8.78 Å². The van der Waals surface area contributed by atoms with E-state index >= 15 is 0 Å². The lowest BCUT2D eigenvalue weighted by Crippen LogP contribution is -2.19. The van der Waals surface area contributed by atoms with Gasteiger partial charge in [0.05, 0.1) is 0 Å². The predicted molar refractivity (Wildman–Crippen MR) is 65.4 cm³/mol. The van der Waals surface area contributed by atoms with Crippen molar-refractivity contribution in [2.75, 3.05) is 0 Å². The number of aromatic nitrogens is 1. The summed E-state index contributed by atoms with van der Waals surface area (Å²) in [6, 6.07) is 8.69. The van der Waals surface area contributed by atoms with Gasteiger partial charge in [-0.05, 0) is 36.6 Å². The molecule has 2 rings (SSSR count). The van der Waals surface area contributed by atoms with Crippen LogP contribution in [0.25, 0.3) is 0 Å². The van der Waals surface area contributed by atoms with Gasteiger partial charge in [-0.2, -0.15) is 0 Å². The first-order valence-electron chi connectivity index (χ1n) is 5.75. The van der Waals surface area contributed by atoms with Crippen LogP contribution in [-0.4, -0.2) is 4.57 Å². The Morgan fingerprint density at radius 3 is 2.67 bits per heavy atom. The van der Waals surface area contributed by atoms with Gasteiger partial charge in [-0.25, -0.2) is 8.78 Å². The van der Waals surface area contributed by atoms with Crippen LogP contribution in [0.3, 0.4) is 0 Å². The second-order valence-corrected chi connectivity index (χ2v) is 4.11. The minimum absolute atomic E-state index is 0.226. The van der Waals surface area contributed by atoms with Gasteiger partial charge in [0.15, 0.2) is 0 Å². The monoisotopic (exact) mass is 249 g/mol. The van der Waals surface area contributed by atoms with E-state index in [1.165, 1.54) is 29.0 Å². The molecule has 0 N–H and O–H groups in total. The number of nitrogens with zero attached hydrogens (tertiary/aromatic N) is 1. The fourth-order valence-electron chi connectivity index (χ4n) is 1.82. The number of rotatable bonds is 4. The molecule has 94 valence electrons. The first-order chi connectivity index (χ1) is 8.65. The SMILES string of the molecule is O=c1ccc(F)cn1CCCc1cccc(F)c1. The lowest BCUT2D eigenvalue weighted by Gasteiger charge is -2.05. The Morgan fingerprint density at radius 1 is 1.06 bits per heavy atom. The van der Waals surface area contributed by atoms with Crippen molar-refractivity contribution in [1.82, 2.24) is 4.57 Å². The first-order valence-corrected chi connectivity index (χ1v) is 5.75. The van der Waals surface area contributed by atoms with E-state index in [-0.39, 0.29) is 11.4 Å². The molecule has 0 radical (unpaired) electrons. The second kappa shape index (κ2) is 5.58. The predicted octanol–water partition coefficient (Wildman–Crippen LogP) is 2.76.